The zero-order valence-corrected chi connectivity index (χ0v) is 8.54. The molecule has 4 heteroatoms. The molecule has 0 rings (SSSR count). The molecular weight excluding hydrogens is 170 g/mol. The quantitative estimate of drug-likeness (QED) is 0.633. The van der Waals surface area contributed by atoms with E-state index in [1.165, 1.54) is 0 Å². The monoisotopic (exact) mass is 189 g/mol. The summed E-state index contributed by atoms with van der Waals surface area (Å²) in [4.78, 5) is 10.3. The first-order valence-corrected chi connectivity index (χ1v) is 4.45. The highest BCUT2D eigenvalue weighted by atomic mass is 16.5. The van der Waals surface area contributed by atoms with Gasteiger partial charge in [-0.25, -0.2) is 0 Å². The Kier molecular flexibility index (Phi) is 4.95. The third kappa shape index (κ3) is 7.74. The predicted molar refractivity (Wildman–Crippen MR) is 50.6 cm³/mol. The van der Waals surface area contributed by atoms with E-state index in [1.54, 1.807) is 0 Å². The number of carboxylic acids is 1. The lowest BCUT2D eigenvalue weighted by molar-refractivity contribution is -0.138. The summed E-state index contributed by atoms with van der Waals surface area (Å²) < 4.78 is 5.41. The lowest BCUT2D eigenvalue weighted by Crippen LogP contribution is -2.30. The van der Waals surface area contributed by atoms with Crippen molar-refractivity contribution in [3.8, 4) is 0 Å². The summed E-state index contributed by atoms with van der Waals surface area (Å²) in [6.45, 7) is 6.45. The standard InChI is InChI=1S/C9H19NO3/c1-9(2,3)13-6-4-5-7(10)8(11)12/h7H,4-6,10H2,1-3H3,(H,11,12)/t7-/m1/s1. The van der Waals surface area contributed by atoms with Gasteiger partial charge in [0, 0.05) is 6.61 Å². The maximum absolute atomic E-state index is 10.3. The van der Waals surface area contributed by atoms with Gasteiger partial charge < -0.3 is 15.6 Å². The molecule has 4 nitrogen and oxygen atoms in total. The zero-order valence-electron chi connectivity index (χ0n) is 8.54. The Labute approximate surface area is 79.1 Å². The molecule has 78 valence electrons. The molecule has 0 saturated carbocycles. The number of hydrogen-bond donors (Lipinski definition) is 2. The minimum atomic E-state index is -0.948. The van der Waals surface area contributed by atoms with Gasteiger partial charge in [-0.15, -0.1) is 0 Å². The van der Waals surface area contributed by atoms with Crippen molar-refractivity contribution in [1.82, 2.24) is 0 Å². The zero-order chi connectivity index (χ0) is 10.5. The van der Waals surface area contributed by atoms with Crippen LogP contribution in [0.2, 0.25) is 0 Å². The van der Waals surface area contributed by atoms with Gasteiger partial charge >= 0.3 is 5.97 Å². The smallest absolute Gasteiger partial charge is 0.320 e. The van der Waals surface area contributed by atoms with Crippen LogP contribution in [0.25, 0.3) is 0 Å². The molecule has 0 bridgehead atoms. The molecular formula is C9H19NO3. The van der Waals surface area contributed by atoms with Crippen LogP contribution in [0.5, 0.6) is 0 Å². The molecule has 0 aromatic carbocycles. The van der Waals surface area contributed by atoms with E-state index in [4.69, 9.17) is 15.6 Å². The Hall–Kier alpha value is -0.610. The molecule has 0 saturated heterocycles. The minimum absolute atomic E-state index is 0.159. The normalized spacial score (nSPS) is 14.2. The van der Waals surface area contributed by atoms with Crippen LogP contribution in [0.15, 0.2) is 0 Å². The fraction of sp³-hybridized carbons (Fsp3) is 0.889. The van der Waals surface area contributed by atoms with E-state index in [9.17, 15) is 4.79 Å². The topological polar surface area (TPSA) is 72.5 Å². The maximum Gasteiger partial charge on any atom is 0.320 e. The summed E-state index contributed by atoms with van der Waals surface area (Å²) in [5, 5.41) is 8.48. The van der Waals surface area contributed by atoms with Crippen molar-refractivity contribution in [3.05, 3.63) is 0 Å². The number of nitrogens with two attached hydrogens (primary N) is 1. The molecule has 0 fully saturated rings. The Morgan fingerprint density at radius 2 is 2.08 bits per heavy atom. The Balaban J connectivity index is 3.41. The first kappa shape index (κ1) is 12.4. The highest BCUT2D eigenvalue weighted by molar-refractivity contribution is 5.72. The molecule has 0 aromatic heterocycles. The first-order chi connectivity index (χ1) is 5.83. The van der Waals surface area contributed by atoms with E-state index in [1.807, 2.05) is 20.8 Å². The van der Waals surface area contributed by atoms with E-state index >= 15 is 0 Å². The second-order valence-corrected chi connectivity index (χ2v) is 4.05. The largest absolute Gasteiger partial charge is 0.480 e. The number of carboxylic acid groups (broad SMARTS) is 1. The Morgan fingerprint density at radius 3 is 2.46 bits per heavy atom. The van der Waals surface area contributed by atoms with Gasteiger partial charge in [0.15, 0.2) is 0 Å². The van der Waals surface area contributed by atoms with Gasteiger partial charge in [-0.1, -0.05) is 0 Å². The van der Waals surface area contributed by atoms with Crippen LogP contribution in [0, 0.1) is 0 Å². The summed E-state index contributed by atoms with van der Waals surface area (Å²) in [5.74, 6) is -0.948. The molecule has 0 unspecified atom stereocenters. The SMILES string of the molecule is CC(C)(C)OCCC[C@@H](N)C(=O)O. The average Bonchev–Trinajstić information content (AvgIpc) is 1.95. The molecule has 0 heterocycles. The molecule has 0 aliphatic rings. The fourth-order valence-corrected chi connectivity index (χ4v) is 0.805. The van der Waals surface area contributed by atoms with Crippen LogP contribution in [-0.2, 0) is 9.53 Å². The third-order valence-electron chi connectivity index (χ3n) is 1.51. The Bertz CT molecular complexity index is 163. The molecule has 0 aliphatic heterocycles. The second kappa shape index (κ2) is 5.19. The summed E-state index contributed by atoms with van der Waals surface area (Å²) in [5.41, 5.74) is 5.15. The number of carbonyl (C=O) groups is 1. The van der Waals surface area contributed by atoms with Gasteiger partial charge in [0.2, 0.25) is 0 Å². The Morgan fingerprint density at radius 1 is 1.54 bits per heavy atom. The van der Waals surface area contributed by atoms with Gasteiger partial charge in [0.25, 0.3) is 0 Å². The summed E-state index contributed by atoms with van der Waals surface area (Å²) in [7, 11) is 0. The third-order valence-corrected chi connectivity index (χ3v) is 1.51. The van der Waals surface area contributed by atoms with Gasteiger partial charge in [-0.05, 0) is 33.6 Å². The highest BCUT2D eigenvalue weighted by Crippen LogP contribution is 2.08. The van der Waals surface area contributed by atoms with Crippen molar-refractivity contribution in [2.24, 2.45) is 5.73 Å². The van der Waals surface area contributed by atoms with Crippen LogP contribution in [0.3, 0.4) is 0 Å². The molecule has 0 radical (unpaired) electrons. The molecule has 0 amide bonds. The van der Waals surface area contributed by atoms with Crippen molar-refractivity contribution in [1.29, 1.82) is 0 Å². The maximum atomic E-state index is 10.3. The van der Waals surface area contributed by atoms with Gasteiger partial charge in [-0.2, -0.15) is 0 Å². The molecule has 1 atom stereocenters. The number of hydrogen-bond acceptors (Lipinski definition) is 3. The van der Waals surface area contributed by atoms with Crippen LogP contribution < -0.4 is 5.73 Å². The lowest BCUT2D eigenvalue weighted by Gasteiger charge is -2.19. The molecule has 13 heavy (non-hydrogen) atoms. The van der Waals surface area contributed by atoms with Crippen molar-refractivity contribution in [2.75, 3.05) is 6.61 Å². The van der Waals surface area contributed by atoms with Crippen molar-refractivity contribution < 1.29 is 14.6 Å². The van der Waals surface area contributed by atoms with Crippen LogP contribution >= 0.6 is 0 Å². The summed E-state index contributed by atoms with van der Waals surface area (Å²) in [6.07, 6.45) is 1.15. The first-order valence-electron chi connectivity index (χ1n) is 4.45. The van der Waals surface area contributed by atoms with Crippen molar-refractivity contribution >= 4 is 5.97 Å². The highest BCUT2D eigenvalue weighted by Gasteiger charge is 2.12. The van der Waals surface area contributed by atoms with Crippen molar-refractivity contribution in [2.45, 2.75) is 45.3 Å². The number of ether oxygens (including phenoxy) is 1. The predicted octanol–water partition coefficient (Wildman–Crippen LogP) is 0.994. The van der Waals surface area contributed by atoms with Gasteiger partial charge in [0.05, 0.1) is 5.60 Å². The van der Waals surface area contributed by atoms with E-state index in [0.717, 1.165) is 0 Å². The van der Waals surface area contributed by atoms with Crippen molar-refractivity contribution in [3.63, 3.8) is 0 Å². The molecule has 3 N–H and O–H groups in total. The van der Waals surface area contributed by atoms with E-state index in [-0.39, 0.29) is 5.60 Å². The minimum Gasteiger partial charge on any atom is -0.480 e. The summed E-state index contributed by atoms with van der Waals surface area (Å²) in [6, 6.07) is -0.761. The fourth-order valence-electron chi connectivity index (χ4n) is 0.805. The van der Waals surface area contributed by atoms with E-state index in [2.05, 4.69) is 0 Å². The molecule has 0 spiro atoms. The van der Waals surface area contributed by atoms with Gasteiger partial charge in [-0.3, -0.25) is 4.79 Å². The number of aliphatic carboxylic acids is 1. The number of rotatable bonds is 5. The summed E-state index contributed by atoms with van der Waals surface area (Å²) >= 11 is 0. The lowest BCUT2D eigenvalue weighted by atomic mass is 10.1. The molecule has 0 aromatic rings. The average molecular weight is 189 g/mol. The van der Waals surface area contributed by atoms with E-state index < -0.39 is 12.0 Å². The van der Waals surface area contributed by atoms with E-state index in [0.29, 0.717) is 19.4 Å². The van der Waals surface area contributed by atoms with Gasteiger partial charge in [0.1, 0.15) is 6.04 Å². The van der Waals surface area contributed by atoms with Crippen LogP contribution in [0.1, 0.15) is 33.6 Å². The second-order valence-electron chi connectivity index (χ2n) is 4.05. The van der Waals surface area contributed by atoms with Crippen LogP contribution in [0.4, 0.5) is 0 Å². The van der Waals surface area contributed by atoms with Crippen LogP contribution in [-0.4, -0.2) is 29.3 Å². The molecule has 0 aliphatic carbocycles.